The third-order valence-corrected chi connectivity index (χ3v) is 4.20. The topological polar surface area (TPSA) is 36.4 Å². The van der Waals surface area contributed by atoms with Crippen LogP contribution in [0.2, 0.25) is 5.02 Å². The van der Waals surface area contributed by atoms with Gasteiger partial charge in [0, 0.05) is 13.1 Å². The number of nitrogens with zero attached hydrogens (tertiary/aromatic N) is 2. The van der Waals surface area contributed by atoms with Crippen LogP contribution in [0.4, 0.5) is 5.82 Å². The first kappa shape index (κ1) is 13.6. The maximum atomic E-state index is 9.19. The molecule has 2 heterocycles. The van der Waals surface area contributed by atoms with E-state index >= 15 is 0 Å². The Kier molecular flexibility index (Phi) is 4.46. The molecule has 0 amide bonds. The highest BCUT2D eigenvalue weighted by molar-refractivity contribution is 6.31. The summed E-state index contributed by atoms with van der Waals surface area (Å²) in [5.74, 6) is 2.52. The number of anilines is 1. The zero-order chi connectivity index (χ0) is 13.1. The van der Waals surface area contributed by atoms with Gasteiger partial charge in [0.25, 0.3) is 0 Å². The van der Waals surface area contributed by atoms with Crippen molar-refractivity contribution in [2.75, 3.05) is 18.0 Å². The standard InChI is InChI=1S/C14H21ClN2O/c1-10(2)11-5-7-17(8-6-11)14-4-3-12(15)13(9-18)16-14/h3-4,10-11,18H,5-9H2,1-2H3. The van der Waals surface area contributed by atoms with Gasteiger partial charge in [-0.15, -0.1) is 0 Å². The number of hydrogen-bond acceptors (Lipinski definition) is 3. The molecule has 2 rings (SSSR count). The van der Waals surface area contributed by atoms with Gasteiger partial charge < -0.3 is 10.0 Å². The number of hydrogen-bond donors (Lipinski definition) is 1. The lowest BCUT2D eigenvalue weighted by molar-refractivity contribution is 0.276. The van der Waals surface area contributed by atoms with Gasteiger partial charge in [-0.05, 0) is 36.8 Å². The molecule has 1 fully saturated rings. The summed E-state index contributed by atoms with van der Waals surface area (Å²) in [7, 11) is 0. The number of aliphatic hydroxyl groups is 1. The van der Waals surface area contributed by atoms with Gasteiger partial charge >= 0.3 is 0 Å². The van der Waals surface area contributed by atoms with Crippen LogP contribution in [0.25, 0.3) is 0 Å². The number of pyridine rings is 1. The summed E-state index contributed by atoms with van der Waals surface area (Å²) < 4.78 is 0. The molecular weight excluding hydrogens is 248 g/mol. The summed E-state index contributed by atoms with van der Waals surface area (Å²) in [6.07, 6.45) is 2.44. The number of aromatic nitrogens is 1. The van der Waals surface area contributed by atoms with Gasteiger partial charge in [0.15, 0.2) is 0 Å². The van der Waals surface area contributed by atoms with E-state index in [0.29, 0.717) is 10.7 Å². The van der Waals surface area contributed by atoms with Crippen LogP contribution < -0.4 is 4.90 Å². The lowest BCUT2D eigenvalue weighted by Gasteiger charge is -2.34. The average molecular weight is 269 g/mol. The van der Waals surface area contributed by atoms with E-state index in [0.717, 1.165) is 30.7 Å². The van der Waals surface area contributed by atoms with Crippen molar-refractivity contribution in [3.8, 4) is 0 Å². The molecule has 0 aromatic carbocycles. The highest BCUT2D eigenvalue weighted by atomic mass is 35.5. The largest absolute Gasteiger partial charge is 0.390 e. The minimum atomic E-state index is -0.102. The minimum Gasteiger partial charge on any atom is -0.390 e. The Balaban J connectivity index is 2.05. The second-order valence-electron chi connectivity index (χ2n) is 5.32. The van der Waals surface area contributed by atoms with E-state index in [1.165, 1.54) is 12.8 Å². The quantitative estimate of drug-likeness (QED) is 0.915. The van der Waals surface area contributed by atoms with Crippen LogP contribution in [0.15, 0.2) is 12.1 Å². The van der Waals surface area contributed by atoms with E-state index in [2.05, 4.69) is 23.7 Å². The molecule has 0 unspecified atom stereocenters. The molecule has 1 aromatic rings. The first-order chi connectivity index (χ1) is 8.61. The number of aliphatic hydroxyl groups excluding tert-OH is 1. The van der Waals surface area contributed by atoms with Crippen LogP contribution in [0.1, 0.15) is 32.4 Å². The van der Waals surface area contributed by atoms with Gasteiger partial charge in [-0.2, -0.15) is 0 Å². The molecule has 4 heteroatoms. The first-order valence-corrected chi connectivity index (χ1v) is 7.01. The van der Waals surface area contributed by atoms with E-state index in [-0.39, 0.29) is 6.61 Å². The Bertz CT molecular complexity index is 401. The van der Waals surface area contributed by atoms with E-state index in [1.54, 1.807) is 0 Å². The van der Waals surface area contributed by atoms with E-state index < -0.39 is 0 Å². The van der Waals surface area contributed by atoms with Gasteiger partial charge in [-0.1, -0.05) is 25.4 Å². The molecule has 0 aliphatic carbocycles. The molecule has 0 atom stereocenters. The van der Waals surface area contributed by atoms with Crippen LogP contribution >= 0.6 is 11.6 Å². The van der Waals surface area contributed by atoms with Crippen molar-refractivity contribution in [1.82, 2.24) is 4.98 Å². The molecule has 1 aliphatic heterocycles. The van der Waals surface area contributed by atoms with Gasteiger partial charge in [0.2, 0.25) is 0 Å². The Labute approximate surface area is 114 Å². The van der Waals surface area contributed by atoms with Crippen LogP contribution in [0.3, 0.4) is 0 Å². The molecule has 0 radical (unpaired) electrons. The molecule has 100 valence electrons. The van der Waals surface area contributed by atoms with Crippen molar-refractivity contribution >= 4 is 17.4 Å². The fraction of sp³-hybridized carbons (Fsp3) is 0.643. The maximum absolute atomic E-state index is 9.19. The monoisotopic (exact) mass is 268 g/mol. The summed E-state index contributed by atoms with van der Waals surface area (Å²) in [6, 6.07) is 3.77. The summed E-state index contributed by atoms with van der Waals surface area (Å²) in [5, 5.41) is 9.73. The Morgan fingerprint density at radius 1 is 1.39 bits per heavy atom. The van der Waals surface area contributed by atoms with Crippen LogP contribution in [0, 0.1) is 11.8 Å². The summed E-state index contributed by atoms with van der Waals surface area (Å²) in [5.41, 5.74) is 0.570. The van der Waals surface area contributed by atoms with Crippen molar-refractivity contribution in [2.24, 2.45) is 11.8 Å². The predicted octanol–water partition coefficient (Wildman–Crippen LogP) is 3.10. The molecule has 1 saturated heterocycles. The van der Waals surface area contributed by atoms with Crippen molar-refractivity contribution in [3.05, 3.63) is 22.8 Å². The molecule has 1 aromatic heterocycles. The summed E-state index contributed by atoms with van der Waals surface area (Å²) >= 11 is 5.96. The molecule has 3 nitrogen and oxygen atoms in total. The fourth-order valence-corrected chi connectivity index (χ4v) is 2.72. The molecule has 0 bridgehead atoms. The fourth-order valence-electron chi connectivity index (χ4n) is 2.56. The molecule has 0 spiro atoms. The Hall–Kier alpha value is -0.800. The van der Waals surface area contributed by atoms with E-state index in [9.17, 15) is 5.11 Å². The average Bonchev–Trinajstić information content (AvgIpc) is 2.39. The van der Waals surface area contributed by atoms with Crippen molar-refractivity contribution < 1.29 is 5.11 Å². The third-order valence-electron chi connectivity index (χ3n) is 3.86. The van der Waals surface area contributed by atoms with Crippen molar-refractivity contribution in [1.29, 1.82) is 0 Å². The zero-order valence-electron chi connectivity index (χ0n) is 11.1. The number of rotatable bonds is 3. The normalized spacial score (nSPS) is 17.5. The summed E-state index contributed by atoms with van der Waals surface area (Å²) in [6.45, 7) is 6.58. The third kappa shape index (κ3) is 2.96. The maximum Gasteiger partial charge on any atom is 0.129 e. The van der Waals surface area contributed by atoms with Gasteiger partial charge in [0.05, 0.1) is 17.3 Å². The second kappa shape index (κ2) is 5.89. The minimum absolute atomic E-state index is 0.102. The number of halogens is 1. The van der Waals surface area contributed by atoms with E-state index in [1.807, 2.05) is 12.1 Å². The highest BCUT2D eigenvalue weighted by Crippen LogP contribution is 2.28. The zero-order valence-corrected chi connectivity index (χ0v) is 11.8. The van der Waals surface area contributed by atoms with Crippen LogP contribution in [-0.2, 0) is 6.61 Å². The smallest absolute Gasteiger partial charge is 0.129 e. The lowest BCUT2D eigenvalue weighted by Crippen LogP contribution is -2.35. The van der Waals surface area contributed by atoms with Crippen LogP contribution in [0.5, 0.6) is 0 Å². The predicted molar refractivity (Wildman–Crippen MR) is 74.9 cm³/mol. The summed E-state index contributed by atoms with van der Waals surface area (Å²) in [4.78, 5) is 6.71. The van der Waals surface area contributed by atoms with Gasteiger partial charge in [0.1, 0.15) is 5.82 Å². The van der Waals surface area contributed by atoms with Gasteiger partial charge in [-0.3, -0.25) is 0 Å². The Morgan fingerprint density at radius 3 is 2.61 bits per heavy atom. The first-order valence-electron chi connectivity index (χ1n) is 6.63. The van der Waals surface area contributed by atoms with Gasteiger partial charge in [-0.25, -0.2) is 4.98 Å². The molecule has 1 N–H and O–H groups in total. The molecule has 1 aliphatic rings. The van der Waals surface area contributed by atoms with Crippen molar-refractivity contribution in [2.45, 2.75) is 33.3 Å². The highest BCUT2D eigenvalue weighted by Gasteiger charge is 2.22. The van der Waals surface area contributed by atoms with Crippen molar-refractivity contribution in [3.63, 3.8) is 0 Å². The molecule has 0 saturated carbocycles. The Morgan fingerprint density at radius 2 is 2.06 bits per heavy atom. The lowest BCUT2D eigenvalue weighted by atomic mass is 9.87. The second-order valence-corrected chi connectivity index (χ2v) is 5.73. The molecule has 18 heavy (non-hydrogen) atoms. The molecular formula is C14H21ClN2O. The van der Waals surface area contributed by atoms with E-state index in [4.69, 9.17) is 11.6 Å². The SMILES string of the molecule is CC(C)C1CCN(c2ccc(Cl)c(CO)n2)CC1. The van der Waals surface area contributed by atoms with Crippen LogP contribution in [-0.4, -0.2) is 23.2 Å². The number of piperidine rings is 1.